The van der Waals surface area contributed by atoms with E-state index < -0.39 is 27.8 Å². The molecule has 0 bridgehead atoms. The van der Waals surface area contributed by atoms with Gasteiger partial charge in [-0.15, -0.1) is 0 Å². The maximum absolute atomic E-state index is 13.0. The molecule has 11 heteroatoms. The Bertz CT molecular complexity index is 1180. The standard InChI is InChI=1S/C22H23ClN4O5S/c1-2-32-22(29)16-3-7-19(8-4-16)26-21(28)17(14-27-12-11-24-15-27)13-25-33(30,31)20-9-5-18(23)6-10-20/h3-12,15,17,25H,2,13-14H2,1H3,(H,26,28)/t17-/m1/s1. The fourth-order valence-corrected chi connectivity index (χ4v) is 4.15. The predicted molar refractivity (Wildman–Crippen MR) is 123 cm³/mol. The molecule has 9 nitrogen and oxygen atoms in total. The number of carbonyl (C=O) groups is 2. The topological polar surface area (TPSA) is 119 Å². The van der Waals surface area contributed by atoms with Crippen molar-refractivity contribution < 1.29 is 22.7 Å². The van der Waals surface area contributed by atoms with Gasteiger partial charge < -0.3 is 14.6 Å². The Kier molecular flexibility index (Phi) is 8.21. The SMILES string of the molecule is CCOC(=O)c1ccc(NC(=O)[C@H](CNS(=O)(=O)c2ccc(Cl)cc2)Cn2ccnc2)cc1. The van der Waals surface area contributed by atoms with Crippen LogP contribution in [0.5, 0.6) is 0 Å². The summed E-state index contributed by atoms with van der Waals surface area (Å²) >= 11 is 5.83. The molecule has 0 fully saturated rings. The first-order chi connectivity index (χ1) is 15.8. The number of sulfonamides is 1. The molecule has 3 rings (SSSR count). The molecule has 0 saturated carbocycles. The van der Waals surface area contributed by atoms with Gasteiger partial charge in [0.15, 0.2) is 0 Å². The Morgan fingerprint density at radius 1 is 1.12 bits per heavy atom. The summed E-state index contributed by atoms with van der Waals surface area (Å²) in [6.45, 7) is 2.04. The van der Waals surface area contributed by atoms with Crippen molar-refractivity contribution in [1.29, 1.82) is 0 Å². The van der Waals surface area contributed by atoms with Crippen molar-refractivity contribution in [3.8, 4) is 0 Å². The summed E-state index contributed by atoms with van der Waals surface area (Å²) < 4.78 is 34.4. The van der Waals surface area contributed by atoms with Crippen LogP contribution in [0.15, 0.2) is 72.1 Å². The minimum atomic E-state index is -3.84. The number of imidazole rings is 1. The first kappa shape index (κ1) is 24.4. The van der Waals surface area contributed by atoms with Crippen LogP contribution in [0.25, 0.3) is 0 Å². The molecule has 0 aliphatic carbocycles. The van der Waals surface area contributed by atoms with Crippen LogP contribution in [0.4, 0.5) is 5.69 Å². The number of aromatic nitrogens is 2. The molecule has 1 amide bonds. The van der Waals surface area contributed by atoms with Crippen LogP contribution in [0.3, 0.4) is 0 Å². The van der Waals surface area contributed by atoms with E-state index in [0.29, 0.717) is 16.3 Å². The molecule has 174 valence electrons. The molecule has 0 unspecified atom stereocenters. The summed E-state index contributed by atoms with van der Waals surface area (Å²) in [4.78, 5) is 28.8. The van der Waals surface area contributed by atoms with Gasteiger partial charge in [0.2, 0.25) is 15.9 Å². The maximum Gasteiger partial charge on any atom is 0.338 e. The summed E-state index contributed by atoms with van der Waals surface area (Å²) in [6.07, 6.45) is 4.80. The number of rotatable bonds is 10. The normalized spacial score (nSPS) is 12.2. The van der Waals surface area contributed by atoms with E-state index in [4.69, 9.17) is 16.3 Å². The molecule has 0 saturated heterocycles. The van der Waals surface area contributed by atoms with Gasteiger partial charge in [-0.3, -0.25) is 4.79 Å². The average molecular weight is 491 g/mol. The van der Waals surface area contributed by atoms with Gasteiger partial charge in [-0.25, -0.2) is 22.9 Å². The van der Waals surface area contributed by atoms with Crippen molar-refractivity contribution in [3.05, 3.63) is 77.8 Å². The number of amides is 1. The third kappa shape index (κ3) is 6.88. The second-order valence-electron chi connectivity index (χ2n) is 7.05. The number of hydrogen-bond acceptors (Lipinski definition) is 6. The van der Waals surface area contributed by atoms with Crippen molar-refractivity contribution in [2.45, 2.75) is 18.4 Å². The minimum absolute atomic E-state index is 0.0447. The van der Waals surface area contributed by atoms with Crippen molar-refractivity contribution in [2.75, 3.05) is 18.5 Å². The molecule has 0 spiro atoms. The number of esters is 1. The number of hydrogen-bond donors (Lipinski definition) is 2. The highest BCUT2D eigenvalue weighted by atomic mass is 35.5. The van der Waals surface area contributed by atoms with Crippen LogP contribution in [-0.4, -0.2) is 43.0 Å². The molecule has 1 heterocycles. The molecule has 0 radical (unpaired) electrons. The van der Waals surface area contributed by atoms with E-state index in [-0.39, 0.29) is 24.6 Å². The summed E-state index contributed by atoms with van der Waals surface area (Å²) in [5, 5.41) is 3.18. The summed E-state index contributed by atoms with van der Waals surface area (Å²) in [7, 11) is -3.84. The highest BCUT2D eigenvalue weighted by molar-refractivity contribution is 7.89. The van der Waals surface area contributed by atoms with Gasteiger partial charge in [-0.2, -0.15) is 0 Å². The van der Waals surface area contributed by atoms with E-state index in [1.54, 1.807) is 54.5 Å². The lowest BCUT2D eigenvalue weighted by molar-refractivity contribution is -0.120. The number of halogens is 1. The summed E-state index contributed by atoms with van der Waals surface area (Å²) in [6, 6.07) is 12.0. The van der Waals surface area contributed by atoms with E-state index in [1.807, 2.05) is 0 Å². The lowest BCUT2D eigenvalue weighted by atomic mass is 10.1. The van der Waals surface area contributed by atoms with Gasteiger partial charge >= 0.3 is 5.97 Å². The lowest BCUT2D eigenvalue weighted by Gasteiger charge is -2.18. The number of benzene rings is 2. The number of ether oxygens (including phenoxy) is 1. The fraction of sp³-hybridized carbons (Fsp3) is 0.227. The van der Waals surface area contributed by atoms with Crippen molar-refractivity contribution in [1.82, 2.24) is 14.3 Å². The van der Waals surface area contributed by atoms with Crippen LogP contribution in [0.2, 0.25) is 5.02 Å². The van der Waals surface area contributed by atoms with Crippen LogP contribution < -0.4 is 10.0 Å². The van der Waals surface area contributed by atoms with Gasteiger partial charge in [-0.1, -0.05) is 11.6 Å². The number of nitrogens with zero attached hydrogens (tertiary/aromatic N) is 2. The summed E-state index contributed by atoms with van der Waals surface area (Å²) in [5.74, 6) is -1.60. The zero-order chi connectivity index (χ0) is 23.8. The van der Waals surface area contributed by atoms with E-state index in [1.165, 1.54) is 24.3 Å². The quantitative estimate of drug-likeness (QED) is 0.422. The summed E-state index contributed by atoms with van der Waals surface area (Å²) in [5.41, 5.74) is 0.824. The number of anilines is 1. The van der Waals surface area contributed by atoms with Gasteiger partial charge in [0, 0.05) is 36.2 Å². The Balaban J connectivity index is 1.71. The Morgan fingerprint density at radius 2 is 1.82 bits per heavy atom. The first-order valence-electron chi connectivity index (χ1n) is 10.1. The molecule has 1 atom stereocenters. The van der Waals surface area contributed by atoms with Crippen molar-refractivity contribution >= 4 is 39.2 Å². The molecule has 33 heavy (non-hydrogen) atoms. The number of carbonyl (C=O) groups excluding carboxylic acids is 2. The predicted octanol–water partition coefficient (Wildman–Crippen LogP) is 2.95. The Labute approximate surface area is 196 Å². The number of nitrogens with one attached hydrogen (secondary N) is 2. The van der Waals surface area contributed by atoms with Crippen LogP contribution in [0.1, 0.15) is 17.3 Å². The Hall–Kier alpha value is -3.21. The first-order valence-corrected chi connectivity index (χ1v) is 11.9. The second kappa shape index (κ2) is 11.1. The third-order valence-electron chi connectivity index (χ3n) is 4.67. The van der Waals surface area contributed by atoms with E-state index >= 15 is 0 Å². The molecule has 2 N–H and O–H groups in total. The second-order valence-corrected chi connectivity index (χ2v) is 9.25. The van der Waals surface area contributed by atoms with Crippen LogP contribution in [-0.2, 0) is 26.1 Å². The maximum atomic E-state index is 13.0. The average Bonchev–Trinajstić information content (AvgIpc) is 3.31. The zero-order valence-corrected chi connectivity index (χ0v) is 19.3. The molecule has 0 aliphatic heterocycles. The fourth-order valence-electron chi connectivity index (χ4n) is 2.95. The molecule has 1 aromatic heterocycles. The molecular formula is C22H23ClN4O5S. The molecular weight excluding hydrogens is 468 g/mol. The highest BCUT2D eigenvalue weighted by Crippen LogP contribution is 2.16. The zero-order valence-electron chi connectivity index (χ0n) is 17.8. The van der Waals surface area contributed by atoms with Crippen molar-refractivity contribution in [2.24, 2.45) is 5.92 Å². The van der Waals surface area contributed by atoms with E-state index in [0.717, 1.165) is 0 Å². The van der Waals surface area contributed by atoms with Crippen LogP contribution in [0, 0.1) is 5.92 Å². The Morgan fingerprint density at radius 3 is 2.42 bits per heavy atom. The largest absolute Gasteiger partial charge is 0.462 e. The molecule has 0 aliphatic rings. The van der Waals surface area contributed by atoms with Gasteiger partial charge in [0.25, 0.3) is 0 Å². The van der Waals surface area contributed by atoms with Crippen LogP contribution >= 0.6 is 11.6 Å². The van der Waals surface area contributed by atoms with E-state index in [2.05, 4.69) is 15.0 Å². The third-order valence-corrected chi connectivity index (χ3v) is 6.36. The smallest absolute Gasteiger partial charge is 0.338 e. The van der Waals surface area contributed by atoms with E-state index in [9.17, 15) is 18.0 Å². The molecule has 2 aromatic carbocycles. The van der Waals surface area contributed by atoms with Gasteiger partial charge in [-0.05, 0) is 55.5 Å². The lowest BCUT2D eigenvalue weighted by Crippen LogP contribution is -2.37. The van der Waals surface area contributed by atoms with Crippen molar-refractivity contribution in [3.63, 3.8) is 0 Å². The highest BCUT2D eigenvalue weighted by Gasteiger charge is 2.23. The minimum Gasteiger partial charge on any atom is -0.462 e. The van der Waals surface area contributed by atoms with Gasteiger partial charge in [0.05, 0.1) is 29.3 Å². The monoisotopic (exact) mass is 490 g/mol. The van der Waals surface area contributed by atoms with Gasteiger partial charge in [0.1, 0.15) is 0 Å². The molecule has 3 aromatic rings.